The summed E-state index contributed by atoms with van der Waals surface area (Å²) in [6, 6.07) is 0. The molecule has 0 bridgehead atoms. The third kappa shape index (κ3) is 16.5. The van der Waals surface area contributed by atoms with E-state index in [1.54, 1.807) is 0 Å². The minimum Gasteiger partial charge on any atom is -0.440 e. The van der Waals surface area contributed by atoms with Crippen molar-refractivity contribution in [3.63, 3.8) is 0 Å². The summed E-state index contributed by atoms with van der Waals surface area (Å²) in [5, 5.41) is 9.59. The average molecular weight is 565 g/mol. The lowest BCUT2D eigenvalue weighted by atomic mass is 10.1. The van der Waals surface area contributed by atoms with E-state index in [1.165, 1.54) is 96.8 Å². The molecule has 0 rings (SSSR count). The van der Waals surface area contributed by atoms with Crippen LogP contribution in [0.4, 0.5) is 0 Å². The molecule has 0 aromatic rings. The molecule has 0 aliphatic rings. The van der Waals surface area contributed by atoms with E-state index in [9.17, 15) is 14.5 Å². The predicted molar refractivity (Wildman–Crippen MR) is 156 cm³/mol. The Morgan fingerprint density at radius 1 is 0.838 bits per heavy atom. The van der Waals surface area contributed by atoms with Gasteiger partial charge in [0.1, 0.15) is 0 Å². The Hall–Kier alpha value is -0.200. The molecular formula is C29H57O6PS. The van der Waals surface area contributed by atoms with Crippen LogP contribution in [0.2, 0.25) is 0 Å². The second-order valence-electron chi connectivity index (χ2n) is 10.3. The van der Waals surface area contributed by atoms with E-state index in [0.29, 0.717) is 6.42 Å². The first kappa shape index (κ1) is 36.8. The second kappa shape index (κ2) is 23.7. The maximum Gasteiger partial charge on any atom is 0.334 e. The van der Waals surface area contributed by atoms with Crippen molar-refractivity contribution in [3.05, 3.63) is 0 Å². The Morgan fingerprint density at radius 3 is 1.84 bits per heavy atom. The van der Waals surface area contributed by atoms with Gasteiger partial charge in [-0.15, -0.1) is 0 Å². The fraction of sp³-hybridized carbons (Fsp3) is 0.966. The van der Waals surface area contributed by atoms with Crippen LogP contribution >= 0.6 is 20.2 Å². The van der Waals surface area contributed by atoms with Crippen LogP contribution in [-0.4, -0.2) is 46.6 Å². The Kier molecular flexibility index (Phi) is 23.5. The molecule has 0 aromatic heterocycles. The number of ether oxygens (including phenoxy) is 3. The molecule has 0 amide bonds. The number of hydrogen-bond donors (Lipinski definition) is 1. The number of rotatable bonds is 28. The van der Waals surface area contributed by atoms with Crippen molar-refractivity contribution < 1.29 is 28.7 Å². The zero-order valence-electron chi connectivity index (χ0n) is 24.5. The summed E-state index contributed by atoms with van der Waals surface area (Å²) in [4.78, 5) is 11.1. The van der Waals surface area contributed by atoms with Gasteiger partial charge in [-0.05, 0) is 38.9 Å². The van der Waals surface area contributed by atoms with E-state index in [-0.39, 0.29) is 24.4 Å². The third-order valence-electron chi connectivity index (χ3n) is 6.83. The lowest BCUT2D eigenvalue weighted by molar-refractivity contribution is -0.412. The number of hydrogen-bond acceptors (Lipinski definition) is 7. The minimum atomic E-state index is -2.30. The molecule has 0 radical (unpaired) electrons. The third-order valence-corrected chi connectivity index (χ3v) is 9.14. The maximum atomic E-state index is 11.9. The lowest BCUT2D eigenvalue weighted by Gasteiger charge is -2.40. The average Bonchev–Trinajstić information content (AvgIpc) is 2.89. The molecule has 0 aliphatic heterocycles. The molecule has 4 unspecified atom stereocenters. The standard InChI is InChI=1S/C29H57O6PS/c1-6-9-11-13-15-17-19-21-24-37-27(22-20-18-16-14-12-10-7-2)26(4)35-29(31,33-23-8-3)28(5,36-32)34-25-30/h25-27,31H,6-24H2,1-5H3. The molecule has 0 aliphatic carbocycles. The van der Waals surface area contributed by atoms with Crippen LogP contribution in [0.5, 0.6) is 0 Å². The fourth-order valence-electron chi connectivity index (χ4n) is 4.32. The Balaban J connectivity index is 5.04. The van der Waals surface area contributed by atoms with E-state index < -0.39 is 19.8 Å². The number of carbonyl (C=O) groups is 1. The Labute approximate surface area is 233 Å². The quantitative estimate of drug-likeness (QED) is 0.0439. The molecule has 0 fully saturated rings. The van der Waals surface area contributed by atoms with Crippen LogP contribution in [0.3, 0.4) is 0 Å². The number of thioether (sulfide) groups is 1. The highest BCUT2D eigenvalue weighted by molar-refractivity contribution is 7.99. The van der Waals surface area contributed by atoms with Crippen molar-refractivity contribution in [1.29, 1.82) is 0 Å². The van der Waals surface area contributed by atoms with Gasteiger partial charge in [-0.25, -0.2) is 0 Å². The largest absolute Gasteiger partial charge is 0.440 e. The van der Waals surface area contributed by atoms with E-state index in [2.05, 4.69) is 13.8 Å². The zero-order valence-corrected chi connectivity index (χ0v) is 26.2. The number of aliphatic hydroxyl groups is 1. The molecule has 1 N–H and O–H groups in total. The predicted octanol–water partition coefficient (Wildman–Crippen LogP) is 9.03. The first-order chi connectivity index (χ1) is 17.8. The molecule has 0 spiro atoms. The minimum absolute atomic E-state index is 0.153. The maximum absolute atomic E-state index is 11.9. The van der Waals surface area contributed by atoms with Gasteiger partial charge in [0.2, 0.25) is 8.46 Å². The van der Waals surface area contributed by atoms with E-state index in [4.69, 9.17) is 14.2 Å². The van der Waals surface area contributed by atoms with E-state index in [1.807, 2.05) is 25.6 Å². The topological polar surface area (TPSA) is 82.1 Å². The number of unbranched alkanes of at least 4 members (excludes halogenated alkanes) is 13. The summed E-state index contributed by atoms with van der Waals surface area (Å²) >= 11 is 1.89. The molecule has 6 nitrogen and oxygen atoms in total. The van der Waals surface area contributed by atoms with Gasteiger partial charge in [0.25, 0.3) is 11.8 Å². The van der Waals surface area contributed by atoms with Crippen LogP contribution in [0, 0.1) is 0 Å². The first-order valence-corrected chi connectivity index (χ1v) is 16.8. The summed E-state index contributed by atoms with van der Waals surface area (Å²) in [6.07, 6.45) is 20.2. The van der Waals surface area contributed by atoms with Crippen LogP contribution in [0.25, 0.3) is 0 Å². The monoisotopic (exact) mass is 564 g/mol. The molecule has 37 heavy (non-hydrogen) atoms. The van der Waals surface area contributed by atoms with Gasteiger partial charge < -0.3 is 19.3 Å². The second-order valence-corrected chi connectivity index (χ2v) is 12.7. The first-order valence-electron chi connectivity index (χ1n) is 15.0. The van der Waals surface area contributed by atoms with Gasteiger partial charge in [0.15, 0.2) is 0 Å². The molecule has 0 saturated heterocycles. The summed E-state index contributed by atoms with van der Waals surface area (Å²) in [5.41, 5.74) is 0. The van der Waals surface area contributed by atoms with E-state index in [0.717, 1.165) is 18.6 Å². The van der Waals surface area contributed by atoms with Gasteiger partial charge >= 0.3 is 5.97 Å². The highest BCUT2D eigenvalue weighted by Gasteiger charge is 2.55. The van der Waals surface area contributed by atoms with Crippen molar-refractivity contribution in [2.45, 2.75) is 166 Å². The molecular weight excluding hydrogens is 507 g/mol. The van der Waals surface area contributed by atoms with Gasteiger partial charge in [-0.2, -0.15) is 11.8 Å². The van der Waals surface area contributed by atoms with Crippen LogP contribution in [0.15, 0.2) is 0 Å². The normalized spacial score (nSPS) is 16.7. The summed E-state index contributed by atoms with van der Waals surface area (Å²) in [6.45, 7) is 10.0. The molecule has 8 heteroatoms. The van der Waals surface area contributed by atoms with Crippen molar-refractivity contribution in [2.75, 3.05) is 12.4 Å². The number of carbonyl (C=O) groups excluding carboxylic acids is 1. The van der Waals surface area contributed by atoms with Crippen molar-refractivity contribution in [2.24, 2.45) is 0 Å². The highest BCUT2D eigenvalue weighted by Crippen LogP contribution is 2.40. The Bertz CT molecular complexity index is 554. The lowest BCUT2D eigenvalue weighted by Crippen LogP contribution is -2.56. The fourth-order valence-corrected chi connectivity index (χ4v) is 5.97. The van der Waals surface area contributed by atoms with Crippen molar-refractivity contribution in [3.8, 4) is 0 Å². The Morgan fingerprint density at radius 2 is 1.35 bits per heavy atom. The van der Waals surface area contributed by atoms with Gasteiger partial charge in [0, 0.05) is 5.25 Å². The smallest absolute Gasteiger partial charge is 0.334 e. The zero-order chi connectivity index (χ0) is 27.8. The van der Waals surface area contributed by atoms with Gasteiger partial charge in [0.05, 0.1) is 12.7 Å². The molecule has 4 atom stereocenters. The molecule has 220 valence electrons. The SMILES string of the molecule is CCCCCCCCCCSC(CCCCCCCCC)C(C)OC(O)(OCCC)C(C)(OC=O)P=O. The highest BCUT2D eigenvalue weighted by atomic mass is 32.2. The molecule has 0 saturated carbocycles. The van der Waals surface area contributed by atoms with E-state index >= 15 is 0 Å². The summed E-state index contributed by atoms with van der Waals surface area (Å²) < 4.78 is 28.7. The van der Waals surface area contributed by atoms with Crippen molar-refractivity contribution >= 4 is 26.7 Å². The van der Waals surface area contributed by atoms with Crippen LogP contribution in [0.1, 0.15) is 144 Å². The summed E-state index contributed by atoms with van der Waals surface area (Å²) in [5.74, 6) is -1.26. The van der Waals surface area contributed by atoms with Crippen molar-refractivity contribution in [1.82, 2.24) is 0 Å². The molecule has 0 aromatic carbocycles. The van der Waals surface area contributed by atoms with Crippen LogP contribution < -0.4 is 0 Å². The van der Waals surface area contributed by atoms with Crippen LogP contribution in [-0.2, 0) is 23.6 Å². The molecule has 0 heterocycles. The summed E-state index contributed by atoms with van der Waals surface area (Å²) in [7, 11) is -0.592. The van der Waals surface area contributed by atoms with Gasteiger partial charge in [-0.3, -0.25) is 9.36 Å². The van der Waals surface area contributed by atoms with Gasteiger partial charge in [-0.1, -0.05) is 111 Å².